The quantitative estimate of drug-likeness (QED) is 0.715. The Morgan fingerprint density at radius 2 is 1.90 bits per heavy atom. The van der Waals surface area contributed by atoms with Crippen LogP contribution in [-0.4, -0.2) is 36.6 Å². The van der Waals surface area contributed by atoms with Gasteiger partial charge in [-0.15, -0.1) is 0 Å². The van der Waals surface area contributed by atoms with Gasteiger partial charge in [0.15, 0.2) is 0 Å². The molecule has 0 saturated heterocycles. The summed E-state index contributed by atoms with van der Waals surface area (Å²) in [5.74, 6) is 2.07. The van der Waals surface area contributed by atoms with E-state index in [1.165, 1.54) is 5.56 Å². The van der Waals surface area contributed by atoms with E-state index < -0.39 is 0 Å². The van der Waals surface area contributed by atoms with Crippen LogP contribution < -0.4 is 19.7 Å². The summed E-state index contributed by atoms with van der Waals surface area (Å²) >= 11 is 0. The van der Waals surface area contributed by atoms with Crippen molar-refractivity contribution in [2.45, 2.75) is 13.3 Å². The Morgan fingerprint density at radius 1 is 1.07 bits per heavy atom. The molecule has 4 rings (SSSR count). The Kier molecular flexibility index (Phi) is 5.03. The summed E-state index contributed by atoms with van der Waals surface area (Å²) in [6.07, 6.45) is 0.946. The van der Waals surface area contributed by atoms with Crippen LogP contribution in [0, 0.1) is 6.92 Å². The maximum Gasteiger partial charge on any atom is 0.274 e. The Bertz CT molecular complexity index is 1070. The van der Waals surface area contributed by atoms with Crippen LogP contribution in [0.1, 0.15) is 21.9 Å². The number of fused-ring (bicyclic) bond motifs is 1. The molecule has 0 spiro atoms. The molecule has 1 N–H and O–H groups in total. The van der Waals surface area contributed by atoms with E-state index in [0.717, 1.165) is 18.7 Å². The minimum atomic E-state index is -0.337. The van der Waals surface area contributed by atoms with E-state index in [0.29, 0.717) is 34.5 Å². The highest BCUT2D eigenvalue weighted by Crippen LogP contribution is 2.34. The van der Waals surface area contributed by atoms with Gasteiger partial charge in [-0.3, -0.25) is 4.79 Å². The molecule has 7 heteroatoms. The molecule has 0 fully saturated rings. The number of aromatic nitrogens is 2. The topological polar surface area (TPSA) is 76.6 Å². The van der Waals surface area contributed by atoms with E-state index >= 15 is 0 Å². The SMILES string of the molecule is COc1ccc(OC)c(NC(=O)c2cc(N3CCc4ccccc43)nc(C)n2)c1. The Morgan fingerprint density at radius 3 is 2.69 bits per heavy atom. The molecular weight excluding hydrogens is 368 g/mol. The van der Waals surface area contributed by atoms with Gasteiger partial charge in [0.1, 0.15) is 28.8 Å². The van der Waals surface area contributed by atoms with Crippen molar-refractivity contribution < 1.29 is 14.3 Å². The van der Waals surface area contributed by atoms with Gasteiger partial charge in [0.25, 0.3) is 5.91 Å². The van der Waals surface area contributed by atoms with Crippen molar-refractivity contribution in [2.24, 2.45) is 0 Å². The number of ether oxygens (including phenoxy) is 2. The lowest BCUT2D eigenvalue weighted by molar-refractivity contribution is 0.102. The first kappa shape index (κ1) is 18.7. The molecule has 0 bridgehead atoms. The molecule has 0 atom stereocenters. The first-order valence-electron chi connectivity index (χ1n) is 9.33. The van der Waals surface area contributed by atoms with Crippen molar-refractivity contribution in [3.05, 3.63) is 65.6 Å². The maximum absolute atomic E-state index is 12.9. The van der Waals surface area contributed by atoms with Crippen LogP contribution in [0.2, 0.25) is 0 Å². The van der Waals surface area contributed by atoms with Crippen LogP contribution >= 0.6 is 0 Å². The van der Waals surface area contributed by atoms with Crippen molar-refractivity contribution in [1.82, 2.24) is 9.97 Å². The number of benzene rings is 2. The third kappa shape index (κ3) is 3.71. The number of hydrogen-bond acceptors (Lipinski definition) is 6. The summed E-state index contributed by atoms with van der Waals surface area (Å²) in [7, 11) is 3.12. The van der Waals surface area contributed by atoms with Gasteiger partial charge in [0, 0.05) is 24.4 Å². The molecular formula is C22H22N4O3. The smallest absolute Gasteiger partial charge is 0.274 e. The highest BCUT2D eigenvalue weighted by Gasteiger charge is 2.23. The largest absolute Gasteiger partial charge is 0.497 e. The lowest BCUT2D eigenvalue weighted by Gasteiger charge is -2.19. The number of nitrogens with zero attached hydrogens (tertiary/aromatic N) is 3. The van der Waals surface area contributed by atoms with Crippen LogP contribution in [0.15, 0.2) is 48.5 Å². The monoisotopic (exact) mass is 390 g/mol. The third-order valence-corrected chi connectivity index (χ3v) is 4.88. The summed E-state index contributed by atoms with van der Waals surface area (Å²) in [6.45, 7) is 2.61. The van der Waals surface area contributed by atoms with Crippen molar-refractivity contribution in [3.63, 3.8) is 0 Å². The molecule has 148 valence electrons. The predicted molar refractivity (Wildman–Crippen MR) is 111 cm³/mol. The number of rotatable bonds is 5. The van der Waals surface area contributed by atoms with Crippen molar-refractivity contribution >= 4 is 23.1 Å². The number of aryl methyl sites for hydroxylation is 1. The van der Waals surface area contributed by atoms with Crippen molar-refractivity contribution in [1.29, 1.82) is 0 Å². The minimum Gasteiger partial charge on any atom is -0.497 e. The van der Waals surface area contributed by atoms with Crippen LogP contribution in [0.5, 0.6) is 11.5 Å². The standard InChI is InChI=1S/C22H22N4O3/c1-14-23-18(22(27)25-17-12-16(28-2)8-9-20(17)29-3)13-21(24-14)26-11-10-15-6-4-5-7-19(15)26/h4-9,12-13H,10-11H2,1-3H3,(H,25,27). The summed E-state index contributed by atoms with van der Waals surface area (Å²) < 4.78 is 10.6. The minimum absolute atomic E-state index is 0.293. The van der Waals surface area contributed by atoms with Crippen LogP contribution in [-0.2, 0) is 6.42 Å². The number of hydrogen-bond donors (Lipinski definition) is 1. The average molecular weight is 390 g/mol. The maximum atomic E-state index is 12.9. The zero-order valence-electron chi connectivity index (χ0n) is 16.6. The molecule has 1 aromatic heterocycles. The van der Waals surface area contributed by atoms with E-state index in [-0.39, 0.29) is 5.91 Å². The molecule has 3 aromatic rings. The number of anilines is 3. The van der Waals surface area contributed by atoms with Crippen LogP contribution in [0.3, 0.4) is 0 Å². The van der Waals surface area contributed by atoms with E-state index in [4.69, 9.17) is 9.47 Å². The van der Waals surface area contributed by atoms with Gasteiger partial charge in [0.2, 0.25) is 0 Å². The van der Waals surface area contributed by atoms with Gasteiger partial charge in [-0.25, -0.2) is 9.97 Å². The van der Waals surface area contributed by atoms with Crippen molar-refractivity contribution in [2.75, 3.05) is 31.0 Å². The van der Waals surface area contributed by atoms with E-state index in [2.05, 4.69) is 32.3 Å². The summed E-state index contributed by atoms with van der Waals surface area (Å²) in [4.78, 5) is 23.9. The number of carbonyl (C=O) groups excluding carboxylic acids is 1. The first-order valence-corrected chi connectivity index (χ1v) is 9.33. The lowest BCUT2D eigenvalue weighted by Crippen LogP contribution is -2.19. The van der Waals surface area contributed by atoms with Crippen molar-refractivity contribution in [3.8, 4) is 11.5 Å². The number of carbonyl (C=O) groups is 1. The molecule has 1 amide bonds. The Labute approximate surface area is 169 Å². The second-order valence-electron chi connectivity index (χ2n) is 6.71. The van der Waals surface area contributed by atoms with Gasteiger partial charge in [-0.05, 0) is 37.1 Å². The summed E-state index contributed by atoms with van der Waals surface area (Å²) in [5, 5.41) is 2.86. The lowest BCUT2D eigenvalue weighted by atomic mass is 10.2. The first-order chi connectivity index (χ1) is 14.1. The molecule has 0 radical (unpaired) electrons. The molecule has 2 aromatic carbocycles. The fourth-order valence-corrected chi connectivity index (χ4v) is 3.48. The summed E-state index contributed by atoms with van der Waals surface area (Å²) in [6, 6.07) is 15.2. The predicted octanol–water partition coefficient (Wildman–Crippen LogP) is 3.75. The second kappa shape index (κ2) is 7.79. The van der Waals surface area contributed by atoms with Gasteiger partial charge in [-0.1, -0.05) is 18.2 Å². The van der Waals surface area contributed by atoms with Gasteiger partial charge in [0.05, 0.1) is 19.9 Å². The normalized spacial score (nSPS) is 12.4. The third-order valence-electron chi connectivity index (χ3n) is 4.88. The molecule has 0 unspecified atom stereocenters. The van der Waals surface area contributed by atoms with E-state index in [9.17, 15) is 4.79 Å². The van der Waals surface area contributed by atoms with Gasteiger partial charge < -0.3 is 19.7 Å². The summed E-state index contributed by atoms with van der Waals surface area (Å²) in [5.41, 5.74) is 3.20. The zero-order valence-corrected chi connectivity index (χ0v) is 16.6. The molecule has 29 heavy (non-hydrogen) atoms. The number of nitrogens with one attached hydrogen (secondary N) is 1. The van der Waals surface area contributed by atoms with E-state index in [1.54, 1.807) is 45.4 Å². The fourth-order valence-electron chi connectivity index (χ4n) is 3.48. The average Bonchev–Trinajstić information content (AvgIpc) is 3.17. The highest BCUT2D eigenvalue weighted by atomic mass is 16.5. The molecule has 1 aliphatic heterocycles. The van der Waals surface area contributed by atoms with Gasteiger partial charge >= 0.3 is 0 Å². The molecule has 0 saturated carbocycles. The Hall–Kier alpha value is -3.61. The fraction of sp³-hybridized carbons (Fsp3) is 0.227. The molecule has 0 aliphatic carbocycles. The molecule has 2 heterocycles. The number of para-hydroxylation sites is 1. The second-order valence-corrected chi connectivity index (χ2v) is 6.71. The van der Waals surface area contributed by atoms with Gasteiger partial charge in [-0.2, -0.15) is 0 Å². The van der Waals surface area contributed by atoms with E-state index in [1.807, 2.05) is 12.1 Å². The highest BCUT2D eigenvalue weighted by molar-refractivity contribution is 6.04. The molecule has 1 aliphatic rings. The molecule has 7 nitrogen and oxygen atoms in total. The Balaban J connectivity index is 1.64. The zero-order chi connectivity index (χ0) is 20.4. The van der Waals surface area contributed by atoms with Crippen LogP contribution in [0.4, 0.5) is 17.2 Å². The number of amides is 1. The van der Waals surface area contributed by atoms with Crippen LogP contribution in [0.25, 0.3) is 0 Å². The number of methoxy groups -OCH3 is 2.